The normalized spacial score (nSPS) is 17.1. The minimum absolute atomic E-state index is 0.576. The van der Waals surface area contributed by atoms with Gasteiger partial charge < -0.3 is 14.5 Å². The van der Waals surface area contributed by atoms with Gasteiger partial charge in [0.05, 0.1) is 0 Å². The van der Waals surface area contributed by atoms with Gasteiger partial charge in [-0.2, -0.15) is 0 Å². The lowest BCUT2D eigenvalue weighted by Crippen LogP contribution is -2.34. The molecule has 0 unspecified atom stereocenters. The molecule has 0 bridgehead atoms. The molecule has 0 amide bonds. The summed E-state index contributed by atoms with van der Waals surface area (Å²) in [7, 11) is 0. The molecule has 1 aliphatic heterocycles. The number of para-hydroxylation sites is 1. The molecule has 0 aliphatic carbocycles. The Morgan fingerprint density at radius 3 is 2.79 bits per heavy atom. The Labute approximate surface area is 113 Å². The van der Waals surface area contributed by atoms with Gasteiger partial charge in [-0.25, -0.2) is 0 Å². The van der Waals surface area contributed by atoms with Crippen molar-refractivity contribution in [3.05, 3.63) is 35.6 Å². The summed E-state index contributed by atoms with van der Waals surface area (Å²) in [5.41, 5.74) is 2.33. The SMILES string of the molecule is CCc1oc2ccccc2c1CNC1CCOCC1. The second-order valence-corrected chi connectivity index (χ2v) is 5.12. The molecule has 3 rings (SSSR count). The van der Waals surface area contributed by atoms with Gasteiger partial charge in [0.15, 0.2) is 0 Å². The molecule has 3 heteroatoms. The molecule has 1 N–H and O–H groups in total. The van der Waals surface area contributed by atoms with Crippen molar-refractivity contribution in [3.63, 3.8) is 0 Å². The lowest BCUT2D eigenvalue weighted by molar-refractivity contribution is 0.0776. The predicted octanol–water partition coefficient (Wildman–Crippen LogP) is 3.26. The van der Waals surface area contributed by atoms with Gasteiger partial charge in [-0.3, -0.25) is 0 Å². The molecule has 2 heterocycles. The van der Waals surface area contributed by atoms with Crippen LogP contribution in [0.3, 0.4) is 0 Å². The first-order chi connectivity index (χ1) is 9.38. The second kappa shape index (κ2) is 5.76. The standard InChI is InChI=1S/C16H21NO2/c1-2-15-14(11-17-12-7-9-18-10-8-12)13-5-3-4-6-16(13)19-15/h3-6,12,17H,2,7-11H2,1H3. The van der Waals surface area contributed by atoms with Gasteiger partial charge in [-0.15, -0.1) is 0 Å². The van der Waals surface area contributed by atoms with Crippen molar-refractivity contribution in [2.75, 3.05) is 13.2 Å². The van der Waals surface area contributed by atoms with Gasteiger partial charge in [0.25, 0.3) is 0 Å². The fraction of sp³-hybridized carbons (Fsp3) is 0.500. The van der Waals surface area contributed by atoms with Crippen molar-refractivity contribution < 1.29 is 9.15 Å². The van der Waals surface area contributed by atoms with Crippen LogP contribution in [0.1, 0.15) is 31.1 Å². The lowest BCUT2D eigenvalue weighted by Gasteiger charge is -2.23. The molecule has 1 aromatic heterocycles. The molecule has 0 spiro atoms. The monoisotopic (exact) mass is 259 g/mol. The highest BCUT2D eigenvalue weighted by Gasteiger charge is 2.16. The number of nitrogens with one attached hydrogen (secondary N) is 1. The van der Waals surface area contributed by atoms with E-state index in [1.807, 2.05) is 12.1 Å². The minimum atomic E-state index is 0.576. The summed E-state index contributed by atoms with van der Waals surface area (Å²) in [6, 6.07) is 8.88. The van der Waals surface area contributed by atoms with Crippen LogP contribution in [0.5, 0.6) is 0 Å². The maximum Gasteiger partial charge on any atom is 0.134 e. The van der Waals surface area contributed by atoms with Crippen LogP contribution in [0, 0.1) is 0 Å². The van der Waals surface area contributed by atoms with E-state index in [0.29, 0.717) is 6.04 Å². The first-order valence-electron chi connectivity index (χ1n) is 7.19. The summed E-state index contributed by atoms with van der Waals surface area (Å²) in [4.78, 5) is 0. The molecule has 1 aromatic carbocycles. The second-order valence-electron chi connectivity index (χ2n) is 5.12. The molecular weight excluding hydrogens is 238 g/mol. The molecule has 2 aromatic rings. The van der Waals surface area contributed by atoms with Gasteiger partial charge in [-0.1, -0.05) is 25.1 Å². The van der Waals surface area contributed by atoms with E-state index >= 15 is 0 Å². The van der Waals surface area contributed by atoms with E-state index in [-0.39, 0.29) is 0 Å². The molecule has 1 saturated heterocycles. The van der Waals surface area contributed by atoms with Crippen molar-refractivity contribution in [1.29, 1.82) is 0 Å². The van der Waals surface area contributed by atoms with Crippen molar-refractivity contribution in [1.82, 2.24) is 5.32 Å². The Morgan fingerprint density at radius 2 is 2.00 bits per heavy atom. The highest BCUT2D eigenvalue weighted by molar-refractivity contribution is 5.82. The number of fused-ring (bicyclic) bond motifs is 1. The Hall–Kier alpha value is -1.32. The summed E-state index contributed by atoms with van der Waals surface area (Å²) in [6.45, 7) is 4.80. The summed E-state index contributed by atoms with van der Waals surface area (Å²) < 4.78 is 11.3. The summed E-state index contributed by atoms with van der Waals surface area (Å²) in [5, 5.41) is 4.90. The van der Waals surface area contributed by atoms with Crippen LogP contribution in [0.25, 0.3) is 11.0 Å². The van der Waals surface area contributed by atoms with E-state index in [2.05, 4.69) is 24.4 Å². The minimum Gasteiger partial charge on any atom is -0.461 e. The highest BCUT2D eigenvalue weighted by Crippen LogP contribution is 2.26. The van der Waals surface area contributed by atoms with Crippen molar-refractivity contribution in [3.8, 4) is 0 Å². The van der Waals surface area contributed by atoms with Crippen LogP contribution in [-0.4, -0.2) is 19.3 Å². The average Bonchev–Trinajstić information content (AvgIpc) is 2.84. The molecule has 0 atom stereocenters. The third-order valence-corrected chi connectivity index (χ3v) is 3.89. The molecule has 0 saturated carbocycles. The van der Waals surface area contributed by atoms with E-state index in [0.717, 1.165) is 50.4 Å². The molecule has 0 radical (unpaired) electrons. The Bertz CT molecular complexity index is 541. The number of hydrogen-bond acceptors (Lipinski definition) is 3. The van der Waals surface area contributed by atoms with E-state index < -0.39 is 0 Å². The zero-order valence-corrected chi connectivity index (χ0v) is 11.4. The van der Waals surface area contributed by atoms with Crippen LogP contribution < -0.4 is 5.32 Å². The lowest BCUT2D eigenvalue weighted by atomic mass is 10.1. The number of rotatable bonds is 4. The van der Waals surface area contributed by atoms with Crippen LogP contribution >= 0.6 is 0 Å². The van der Waals surface area contributed by atoms with E-state index in [4.69, 9.17) is 9.15 Å². The number of ether oxygens (including phenoxy) is 1. The van der Waals surface area contributed by atoms with Gasteiger partial charge in [-0.05, 0) is 18.9 Å². The van der Waals surface area contributed by atoms with Gasteiger partial charge in [0, 0.05) is 43.2 Å². The largest absolute Gasteiger partial charge is 0.461 e. The van der Waals surface area contributed by atoms with E-state index in [9.17, 15) is 0 Å². The van der Waals surface area contributed by atoms with E-state index in [1.54, 1.807) is 0 Å². The number of hydrogen-bond donors (Lipinski definition) is 1. The van der Waals surface area contributed by atoms with Crippen LogP contribution in [-0.2, 0) is 17.7 Å². The van der Waals surface area contributed by atoms with Gasteiger partial charge >= 0.3 is 0 Å². The molecule has 3 nitrogen and oxygen atoms in total. The topological polar surface area (TPSA) is 34.4 Å². The van der Waals surface area contributed by atoms with Crippen LogP contribution in [0.15, 0.2) is 28.7 Å². The Balaban J connectivity index is 1.78. The summed E-state index contributed by atoms with van der Waals surface area (Å²) in [5.74, 6) is 1.11. The first kappa shape index (κ1) is 12.7. The van der Waals surface area contributed by atoms with Crippen molar-refractivity contribution >= 4 is 11.0 Å². The number of aryl methyl sites for hydroxylation is 1. The fourth-order valence-electron chi connectivity index (χ4n) is 2.78. The third kappa shape index (κ3) is 2.67. The predicted molar refractivity (Wildman–Crippen MR) is 76.3 cm³/mol. The Kier molecular flexibility index (Phi) is 3.85. The zero-order valence-electron chi connectivity index (χ0n) is 11.4. The maximum absolute atomic E-state index is 5.92. The van der Waals surface area contributed by atoms with Gasteiger partial charge in [0.2, 0.25) is 0 Å². The summed E-state index contributed by atoms with van der Waals surface area (Å²) >= 11 is 0. The number of furan rings is 1. The molecular formula is C16H21NO2. The molecule has 1 aliphatic rings. The molecule has 1 fully saturated rings. The molecule has 102 valence electrons. The van der Waals surface area contributed by atoms with Crippen molar-refractivity contribution in [2.24, 2.45) is 0 Å². The Morgan fingerprint density at radius 1 is 1.21 bits per heavy atom. The number of benzene rings is 1. The summed E-state index contributed by atoms with van der Waals surface area (Å²) in [6.07, 6.45) is 3.16. The van der Waals surface area contributed by atoms with Gasteiger partial charge in [0.1, 0.15) is 11.3 Å². The fourth-order valence-corrected chi connectivity index (χ4v) is 2.78. The maximum atomic E-state index is 5.92. The van der Waals surface area contributed by atoms with Crippen LogP contribution in [0.2, 0.25) is 0 Å². The zero-order chi connectivity index (χ0) is 13.1. The van der Waals surface area contributed by atoms with Crippen molar-refractivity contribution in [2.45, 2.75) is 38.8 Å². The quantitative estimate of drug-likeness (QED) is 0.915. The first-order valence-corrected chi connectivity index (χ1v) is 7.19. The third-order valence-electron chi connectivity index (χ3n) is 3.89. The van der Waals surface area contributed by atoms with E-state index in [1.165, 1.54) is 10.9 Å². The average molecular weight is 259 g/mol. The smallest absolute Gasteiger partial charge is 0.134 e. The highest BCUT2D eigenvalue weighted by atomic mass is 16.5. The van der Waals surface area contributed by atoms with Crippen LogP contribution in [0.4, 0.5) is 0 Å². The molecule has 19 heavy (non-hydrogen) atoms.